The van der Waals surface area contributed by atoms with Crippen molar-refractivity contribution < 1.29 is 14.3 Å². The van der Waals surface area contributed by atoms with Crippen molar-refractivity contribution in [1.82, 2.24) is 15.1 Å². The molecule has 26 heavy (non-hydrogen) atoms. The van der Waals surface area contributed by atoms with E-state index < -0.39 is 0 Å². The molecule has 1 aliphatic rings. The number of urea groups is 1. The van der Waals surface area contributed by atoms with Crippen molar-refractivity contribution in [2.45, 2.75) is 26.4 Å². The highest BCUT2D eigenvalue weighted by Gasteiger charge is 2.22. The fraction of sp³-hybridized carbons (Fsp3) is 0.579. The molecule has 0 unspecified atom stereocenters. The number of benzene rings is 1. The average Bonchev–Trinajstić information content (AvgIpc) is 2.62. The van der Waals surface area contributed by atoms with E-state index in [0.717, 1.165) is 12.1 Å². The van der Waals surface area contributed by atoms with Gasteiger partial charge in [0.25, 0.3) is 0 Å². The predicted octanol–water partition coefficient (Wildman–Crippen LogP) is 1.77. The normalized spacial score (nSPS) is 15.1. The van der Waals surface area contributed by atoms with E-state index in [9.17, 15) is 9.59 Å². The van der Waals surface area contributed by atoms with E-state index in [2.05, 4.69) is 15.5 Å². The standard InChI is InChI=1S/C19H30N4O3/c1-16(2)26-14-6-9-20-19(25)23-12-10-22(11-13-23)15-18(24)21-17-7-4-3-5-8-17/h3-5,7-8,16H,6,9-15H2,1-2H3,(H,20,25)(H,21,24). The molecular formula is C19H30N4O3. The maximum absolute atomic E-state index is 12.1. The van der Waals surface area contributed by atoms with Gasteiger partial charge in [-0.2, -0.15) is 0 Å². The maximum atomic E-state index is 12.1. The minimum absolute atomic E-state index is 0.0285. The quantitative estimate of drug-likeness (QED) is 0.691. The van der Waals surface area contributed by atoms with Gasteiger partial charge >= 0.3 is 6.03 Å². The van der Waals surface area contributed by atoms with Gasteiger partial charge in [0, 0.05) is 45.0 Å². The second-order valence-electron chi connectivity index (χ2n) is 6.68. The van der Waals surface area contributed by atoms with Crippen molar-refractivity contribution in [3.8, 4) is 0 Å². The Morgan fingerprint density at radius 3 is 2.46 bits per heavy atom. The van der Waals surface area contributed by atoms with Crippen LogP contribution >= 0.6 is 0 Å². The number of hydrogen-bond acceptors (Lipinski definition) is 4. The first-order valence-electron chi connectivity index (χ1n) is 9.26. The summed E-state index contributed by atoms with van der Waals surface area (Å²) in [5, 5.41) is 5.81. The Kier molecular flexibility index (Phi) is 8.37. The third-order valence-electron chi connectivity index (χ3n) is 4.13. The lowest BCUT2D eigenvalue weighted by atomic mass is 10.3. The van der Waals surface area contributed by atoms with Gasteiger partial charge in [0.1, 0.15) is 0 Å². The van der Waals surface area contributed by atoms with Gasteiger partial charge in [0.05, 0.1) is 12.6 Å². The molecule has 1 heterocycles. The van der Waals surface area contributed by atoms with Crippen molar-refractivity contribution in [3.63, 3.8) is 0 Å². The topological polar surface area (TPSA) is 73.9 Å². The summed E-state index contributed by atoms with van der Waals surface area (Å²) < 4.78 is 5.45. The van der Waals surface area contributed by atoms with E-state index in [4.69, 9.17) is 4.74 Å². The molecule has 7 heteroatoms. The van der Waals surface area contributed by atoms with Gasteiger partial charge in [-0.15, -0.1) is 0 Å². The number of piperazine rings is 1. The molecular weight excluding hydrogens is 332 g/mol. The summed E-state index contributed by atoms with van der Waals surface area (Å²) in [6.45, 7) is 8.28. The third kappa shape index (κ3) is 7.41. The molecule has 3 amide bonds. The van der Waals surface area contributed by atoms with Crippen LogP contribution in [0.2, 0.25) is 0 Å². The van der Waals surface area contributed by atoms with E-state index in [1.54, 1.807) is 4.90 Å². The van der Waals surface area contributed by atoms with E-state index >= 15 is 0 Å². The molecule has 2 rings (SSSR count). The molecule has 144 valence electrons. The van der Waals surface area contributed by atoms with Crippen LogP contribution in [0, 0.1) is 0 Å². The second-order valence-corrected chi connectivity index (χ2v) is 6.68. The van der Waals surface area contributed by atoms with E-state index in [-0.39, 0.29) is 18.0 Å². The zero-order chi connectivity index (χ0) is 18.8. The molecule has 0 aliphatic carbocycles. The number of anilines is 1. The van der Waals surface area contributed by atoms with Crippen LogP contribution in [0.1, 0.15) is 20.3 Å². The van der Waals surface area contributed by atoms with Crippen LogP contribution in [-0.2, 0) is 9.53 Å². The van der Waals surface area contributed by atoms with Crippen molar-refractivity contribution in [1.29, 1.82) is 0 Å². The molecule has 1 aromatic carbocycles. The second kappa shape index (κ2) is 10.8. The summed E-state index contributed by atoms with van der Waals surface area (Å²) in [5.74, 6) is -0.0285. The highest BCUT2D eigenvalue weighted by Crippen LogP contribution is 2.06. The molecule has 0 bridgehead atoms. The molecule has 0 saturated carbocycles. The predicted molar refractivity (Wildman–Crippen MR) is 102 cm³/mol. The fourth-order valence-electron chi connectivity index (χ4n) is 2.73. The Labute approximate surface area is 155 Å². The van der Waals surface area contributed by atoms with Crippen molar-refractivity contribution in [2.75, 3.05) is 51.2 Å². The Balaban J connectivity index is 1.60. The van der Waals surface area contributed by atoms with Gasteiger partial charge in [0.2, 0.25) is 5.91 Å². The summed E-state index contributed by atoms with van der Waals surface area (Å²) in [6.07, 6.45) is 1.03. The summed E-state index contributed by atoms with van der Waals surface area (Å²) in [7, 11) is 0. The first-order chi connectivity index (χ1) is 12.5. The summed E-state index contributed by atoms with van der Waals surface area (Å²) in [6, 6.07) is 9.39. The van der Waals surface area contributed by atoms with Crippen LogP contribution in [-0.4, -0.2) is 73.7 Å². The van der Waals surface area contributed by atoms with Gasteiger partial charge in [-0.25, -0.2) is 4.79 Å². The molecule has 0 spiro atoms. The fourth-order valence-corrected chi connectivity index (χ4v) is 2.73. The number of rotatable bonds is 8. The molecule has 7 nitrogen and oxygen atoms in total. The zero-order valence-corrected chi connectivity index (χ0v) is 15.7. The lowest BCUT2D eigenvalue weighted by molar-refractivity contribution is -0.117. The molecule has 1 saturated heterocycles. The number of amides is 3. The van der Waals surface area contributed by atoms with Crippen LogP contribution in [0.4, 0.5) is 10.5 Å². The molecule has 0 atom stereocenters. The van der Waals surface area contributed by atoms with Crippen molar-refractivity contribution >= 4 is 17.6 Å². The van der Waals surface area contributed by atoms with Crippen LogP contribution in [0.3, 0.4) is 0 Å². The van der Waals surface area contributed by atoms with Crippen LogP contribution < -0.4 is 10.6 Å². The lowest BCUT2D eigenvalue weighted by Gasteiger charge is -2.34. The lowest BCUT2D eigenvalue weighted by Crippen LogP contribution is -2.53. The number of carbonyl (C=O) groups is 2. The highest BCUT2D eigenvalue weighted by atomic mass is 16.5. The van der Waals surface area contributed by atoms with Gasteiger partial charge in [-0.3, -0.25) is 9.69 Å². The molecule has 0 radical (unpaired) electrons. The average molecular weight is 362 g/mol. The van der Waals surface area contributed by atoms with E-state index in [0.29, 0.717) is 45.9 Å². The van der Waals surface area contributed by atoms with Crippen molar-refractivity contribution in [2.24, 2.45) is 0 Å². The summed E-state index contributed by atoms with van der Waals surface area (Å²) in [5.41, 5.74) is 0.803. The summed E-state index contributed by atoms with van der Waals surface area (Å²) >= 11 is 0. The van der Waals surface area contributed by atoms with Gasteiger partial charge in [-0.05, 0) is 32.4 Å². The Morgan fingerprint density at radius 1 is 1.12 bits per heavy atom. The number of ether oxygens (including phenoxy) is 1. The van der Waals surface area contributed by atoms with Crippen LogP contribution in [0.5, 0.6) is 0 Å². The monoisotopic (exact) mass is 362 g/mol. The molecule has 1 fully saturated rings. The number of carbonyl (C=O) groups excluding carboxylic acids is 2. The van der Waals surface area contributed by atoms with E-state index in [1.165, 1.54) is 0 Å². The largest absolute Gasteiger partial charge is 0.379 e. The molecule has 1 aliphatic heterocycles. The van der Waals surface area contributed by atoms with Gasteiger partial charge in [0.15, 0.2) is 0 Å². The third-order valence-corrected chi connectivity index (χ3v) is 4.13. The first kappa shape index (κ1) is 20.2. The Bertz CT molecular complexity index is 557. The SMILES string of the molecule is CC(C)OCCCNC(=O)N1CCN(CC(=O)Nc2ccccc2)CC1. The van der Waals surface area contributed by atoms with Gasteiger partial charge < -0.3 is 20.3 Å². The van der Waals surface area contributed by atoms with Crippen molar-refractivity contribution in [3.05, 3.63) is 30.3 Å². The minimum atomic E-state index is -0.0389. The Morgan fingerprint density at radius 2 is 1.81 bits per heavy atom. The zero-order valence-electron chi connectivity index (χ0n) is 15.7. The van der Waals surface area contributed by atoms with Crippen LogP contribution in [0.25, 0.3) is 0 Å². The minimum Gasteiger partial charge on any atom is -0.379 e. The molecule has 2 N–H and O–H groups in total. The smallest absolute Gasteiger partial charge is 0.317 e. The van der Waals surface area contributed by atoms with Crippen LogP contribution in [0.15, 0.2) is 30.3 Å². The summed E-state index contributed by atoms with van der Waals surface area (Å²) in [4.78, 5) is 28.1. The highest BCUT2D eigenvalue weighted by molar-refractivity contribution is 5.92. The number of nitrogens with one attached hydrogen (secondary N) is 2. The van der Waals surface area contributed by atoms with Gasteiger partial charge in [-0.1, -0.05) is 18.2 Å². The number of nitrogens with zero attached hydrogens (tertiary/aromatic N) is 2. The Hall–Kier alpha value is -2.12. The number of hydrogen-bond donors (Lipinski definition) is 2. The maximum Gasteiger partial charge on any atom is 0.317 e. The first-order valence-corrected chi connectivity index (χ1v) is 9.26. The number of para-hydroxylation sites is 1. The molecule has 0 aromatic heterocycles. The molecule has 1 aromatic rings. The van der Waals surface area contributed by atoms with E-state index in [1.807, 2.05) is 44.2 Å².